The molecule has 0 aliphatic rings. The summed E-state index contributed by atoms with van der Waals surface area (Å²) in [5, 5.41) is 2.92. The molecule has 0 aromatic rings. The third-order valence-electron chi connectivity index (χ3n) is 0.712. The maximum Gasteiger partial charge on any atom is 0.0979 e. The van der Waals surface area contributed by atoms with Gasteiger partial charge in [-0.05, 0) is 29.8 Å². The number of rotatable bonds is 2. The molecule has 3 heteroatoms. The Hall–Kier alpha value is -0.310. The fourth-order valence-corrected chi connectivity index (χ4v) is 0.760. The maximum absolute atomic E-state index is 4.08. The SMILES string of the molecule is C=C(Br)NC(C)=NCC. The summed E-state index contributed by atoms with van der Waals surface area (Å²) in [6.45, 7) is 8.29. The molecule has 0 bridgehead atoms. The van der Waals surface area contributed by atoms with E-state index in [2.05, 4.69) is 32.8 Å². The quantitative estimate of drug-likeness (QED) is 0.402. The predicted molar refractivity (Wildman–Crippen MR) is 44.9 cm³/mol. The van der Waals surface area contributed by atoms with Crippen LogP contribution in [0, 0.1) is 0 Å². The Morgan fingerprint density at radius 2 is 2.33 bits per heavy atom. The molecule has 0 saturated carbocycles. The summed E-state index contributed by atoms with van der Waals surface area (Å²) < 4.78 is 0.747. The Balaban J connectivity index is 3.62. The Morgan fingerprint density at radius 3 is 2.67 bits per heavy atom. The lowest BCUT2D eigenvalue weighted by Crippen LogP contribution is -2.15. The Morgan fingerprint density at radius 1 is 1.78 bits per heavy atom. The van der Waals surface area contributed by atoms with Gasteiger partial charge in [-0.3, -0.25) is 4.99 Å². The minimum atomic E-state index is 0.747. The lowest BCUT2D eigenvalue weighted by Gasteiger charge is -2.00. The van der Waals surface area contributed by atoms with E-state index in [1.165, 1.54) is 0 Å². The standard InChI is InChI=1S/C6H11BrN2/c1-4-8-6(3)9-5(2)7/h2,4H2,1,3H3,(H,8,9). The predicted octanol–water partition coefficient (Wildman–Crippen LogP) is 1.88. The molecular formula is C6H11BrN2. The van der Waals surface area contributed by atoms with Crippen LogP contribution in [0.5, 0.6) is 0 Å². The van der Waals surface area contributed by atoms with Crippen molar-refractivity contribution in [2.75, 3.05) is 6.54 Å². The third kappa shape index (κ3) is 5.56. The van der Waals surface area contributed by atoms with Crippen molar-refractivity contribution >= 4 is 21.8 Å². The van der Waals surface area contributed by atoms with Crippen LogP contribution in [0.25, 0.3) is 0 Å². The monoisotopic (exact) mass is 190 g/mol. The van der Waals surface area contributed by atoms with E-state index in [-0.39, 0.29) is 0 Å². The molecule has 0 aliphatic heterocycles. The molecule has 0 spiro atoms. The molecule has 0 rings (SSSR count). The summed E-state index contributed by atoms with van der Waals surface area (Å²) >= 11 is 3.16. The van der Waals surface area contributed by atoms with Crippen molar-refractivity contribution in [2.45, 2.75) is 13.8 Å². The van der Waals surface area contributed by atoms with Crippen molar-refractivity contribution in [1.29, 1.82) is 0 Å². The van der Waals surface area contributed by atoms with Gasteiger partial charge in [-0.1, -0.05) is 6.58 Å². The molecule has 9 heavy (non-hydrogen) atoms. The smallest absolute Gasteiger partial charge is 0.0979 e. The highest BCUT2D eigenvalue weighted by Gasteiger charge is 1.86. The first kappa shape index (κ1) is 8.69. The average Bonchev–Trinajstić information content (AvgIpc) is 1.63. The van der Waals surface area contributed by atoms with Gasteiger partial charge in [0.25, 0.3) is 0 Å². The zero-order valence-electron chi connectivity index (χ0n) is 5.74. The highest BCUT2D eigenvalue weighted by atomic mass is 79.9. The number of aliphatic imine (C=N–C) groups is 1. The fourth-order valence-electron chi connectivity index (χ4n) is 0.473. The Kier molecular flexibility index (Phi) is 4.40. The van der Waals surface area contributed by atoms with Gasteiger partial charge >= 0.3 is 0 Å². The largest absolute Gasteiger partial charge is 0.339 e. The summed E-state index contributed by atoms with van der Waals surface area (Å²) in [5.74, 6) is 0.888. The second kappa shape index (κ2) is 4.56. The molecule has 0 saturated heterocycles. The van der Waals surface area contributed by atoms with Crippen molar-refractivity contribution in [1.82, 2.24) is 5.32 Å². The van der Waals surface area contributed by atoms with Gasteiger partial charge in [-0.15, -0.1) is 0 Å². The van der Waals surface area contributed by atoms with E-state index in [1.54, 1.807) is 0 Å². The molecule has 0 atom stereocenters. The summed E-state index contributed by atoms with van der Waals surface area (Å²) in [4.78, 5) is 4.08. The summed E-state index contributed by atoms with van der Waals surface area (Å²) in [5.41, 5.74) is 0. The van der Waals surface area contributed by atoms with E-state index in [1.807, 2.05) is 13.8 Å². The number of amidine groups is 1. The molecule has 0 amide bonds. The van der Waals surface area contributed by atoms with Crippen molar-refractivity contribution in [3.05, 3.63) is 11.2 Å². The molecule has 0 unspecified atom stereocenters. The van der Waals surface area contributed by atoms with Crippen molar-refractivity contribution in [3.63, 3.8) is 0 Å². The van der Waals surface area contributed by atoms with E-state index in [9.17, 15) is 0 Å². The number of nitrogens with one attached hydrogen (secondary N) is 1. The second-order valence-corrected chi connectivity index (χ2v) is 2.55. The van der Waals surface area contributed by atoms with Crippen molar-refractivity contribution < 1.29 is 0 Å². The first-order chi connectivity index (χ1) is 4.16. The van der Waals surface area contributed by atoms with Crippen molar-refractivity contribution in [2.24, 2.45) is 4.99 Å². The summed E-state index contributed by atoms with van der Waals surface area (Å²) in [6.07, 6.45) is 0. The Bertz CT molecular complexity index is 129. The second-order valence-electron chi connectivity index (χ2n) is 1.59. The zero-order valence-corrected chi connectivity index (χ0v) is 7.33. The Labute approximate surface area is 64.2 Å². The summed E-state index contributed by atoms with van der Waals surface area (Å²) in [6, 6.07) is 0. The van der Waals surface area contributed by atoms with E-state index >= 15 is 0 Å². The van der Waals surface area contributed by atoms with Crippen LogP contribution in [0.2, 0.25) is 0 Å². The van der Waals surface area contributed by atoms with Crippen molar-refractivity contribution in [3.8, 4) is 0 Å². The van der Waals surface area contributed by atoms with Crippen LogP contribution in [-0.2, 0) is 0 Å². The molecule has 0 aliphatic carbocycles. The molecule has 0 fully saturated rings. The number of halogens is 1. The van der Waals surface area contributed by atoms with Crippen LogP contribution in [0.4, 0.5) is 0 Å². The van der Waals surface area contributed by atoms with Gasteiger partial charge in [0.1, 0.15) is 0 Å². The highest BCUT2D eigenvalue weighted by Crippen LogP contribution is 1.93. The number of hydrogen-bond acceptors (Lipinski definition) is 1. The van der Waals surface area contributed by atoms with Gasteiger partial charge in [0.05, 0.1) is 10.4 Å². The molecule has 0 heterocycles. The number of nitrogens with zero attached hydrogens (tertiary/aromatic N) is 1. The molecule has 0 radical (unpaired) electrons. The van der Waals surface area contributed by atoms with E-state index in [4.69, 9.17) is 0 Å². The highest BCUT2D eigenvalue weighted by molar-refractivity contribution is 9.11. The maximum atomic E-state index is 4.08. The molecule has 2 nitrogen and oxygen atoms in total. The lowest BCUT2D eigenvalue weighted by molar-refractivity contribution is 1.08. The minimum absolute atomic E-state index is 0.747. The minimum Gasteiger partial charge on any atom is -0.339 e. The molecule has 1 N–H and O–H groups in total. The molecular weight excluding hydrogens is 180 g/mol. The van der Waals surface area contributed by atoms with E-state index in [0.717, 1.165) is 17.0 Å². The van der Waals surface area contributed by atoms with Gasteiger partial charge in [0, 0.05) is 6.54 Å². The zero-order chi connectivity index (χ0) is 7.28. The van der Waals surface area contributed by atoms with Gasteiger partial charge in [-0.2, -0.15) is 0 Å². The summed E-state index contributed by atoms with van der Waals surface area (Å²) in [7, 11) is 0. The molecule has 52 valence electrons. The third-order valence-corrected chi connectivity index (χ3v) is 0.910. The van der Waals surface area contributed by atoms with Crippen LogP contribution in [0.3, 0.4) is 0 Å². The lowest BCUT2D eigenvalue weighted by atomic mass is 10.6. The van der Waals surface area contributed by atoms with Crippen LogP contribution < -0.4 is 5.32 Å². The van der Waals surface area contributed by atoms with Gasteiger partial charge in [0.2, 0.25) is 0 Å². The van der Waals surface area contributed by atoms with Gasteiger partial charge in [0.15, 0.2) is 0 Å². The van der Waals surface area contributed by atoms with Crippen LogP contribution in [-0.4, -0.2) is 12.4 Å². The van der Waals surface area contributed by atoms with E-state index in [0.29, 0.717) is 0 Å². The normalized spacial score (nSPS) is 11.2. The van der Waals surface area contributed by atoms with Gasteiger partial charge in [-0.25, -0.2) is 0 Å². The fraction of sp³-hybridized carbons (Fsp3) is 0.500. The van der Waals surface area contributed by atoms with Crippen LogP contribution in [0.15, 0.2) is 16.2 Å². The van der Waals surface area contributed by atoms with E-state index < -0.39 is 0 Å². The van der Waals surface area contributed by atoms with Crippen LogP contribution in [0.1, 0.15) is 13.8 Å². The topological polar surface area (TPSA) is 24.4 Å². The molecule has 0 aromatic heterocycles. The first-order valence-corrected chi connectivity index (χ1v) is 3.58. The number of hydrogen-bond donors (Lipinski definition) is 1. The first-order valence-electron chi connectivity index (χ1n) is 2.79. The van der Waals surface area contributed by atoms with Crippen LogP contribution >= 0.6 is 15.9 Å². The average molecular weight is 191 g/mol. The van der Waals surface area contributed by atoms with Gasteiger partial charge < -0.3 is 5.32 Å². The molecule has 0 aromatic carbocycles.